The van der Waals surface area contributed by atoms with Gasteiger partial charge in [-0.2, -0.15) is 0 Å². The van der Waals surface area contributed by atoms with Crippen LogP contribution in [0, 0.1) is 17.7 Å². The lowest BCUT2D eigenvalue weighted by Crippen LogP contribution is -2.26. The molecule has 0 amide bonds. The molecule has 0 saturated heterocycles. The maximum Gasteiger partial charge on any atom is 0.343 e. The first-order valence-corrected chi connectivity index (χ1v) is 15.8. The van der Waals surface area contributed by atoms with Crippen LogP contribution >= 0.6 is 0 Å². The number of benzene rings is 3. The third-order valence-electron chi connectivity index (χ3n) is 6.48. The first-order valence-electron chi connectivity index (χ1n) is 15.8. The number of unbranched alkanes of at least 4 members (excludes halogenated alkanes) is 1. The molecule has 11 nitrogen and oxygen atoms in total. The molecule has 0 radical (unpaired) electrons. The third kappa shape index (κ3) is 16.9. The van der Waals surface area contributed by atoms with E-state index in [1.807, 2.05) is 0 Å². The van der Waals surface area contributed by atoms with Crippen LogP contribution in [0.3, 0.4) is 0 Å². The Balaban J connectivity index is 0.000000880. The Labute approximate surface area is 296 Å². The second kappa shape index (κ2) is 24.4. The lowest BCUT2D eigenvalue weighted by molar-refractivity contribution is -0.139. The minimum absolute atomic E-state index is 0.147. The lowest BCUT2D eigenvalue weighted by atomic mass is 10.1. The molecule has 0 aliphatic heterocycles. The van der Waals surface area contributed by atoms with Gasteiger partial charge in [0.15, 0.2) is 11.6 Å². The van der Waals surface area contributed by atoms with E-state index >= 15 is 0 Å². The van der Waals surface area contributed by atoms with Crippen molar-refractivity contribution in [3.63, 3.8) is 0 Å². The van der Waals surface area contributed by atoms with E-state index in [0.717, 1.165) is 29.9 Å². The summed E-state index contributed by atoms with van der Waals surface area (Å²) in [6.45, 7) is 8.03. The lowest BCUT2D eigenvalue weighted by Gasteiger charge is -2.16. The van der Waals surface area contributed by atoms with E-state index in [1.165, 1.54) is 24.3 Å². The van der Waals surface area contributed by atoms with Crippen molar-refractivity contribution in [2.45, 2.75) is 25.4 Å². The van der Waals surface area contributed by atoms with E-state index < -0.39 is 23.7 Å². The number of rotatable bonds is 19. The zero-order valence-corrected chi connectivity index (χ0v) is 28.6. The second-order valence-corrected chi connectivity index (χ2v) is 10.2. The predicted molar refractivity (Wildman–Crippen MR) is 186 cm³/mol. The average Bonchev–Trinajstić information content (AvgIpc) is 3.16. The molecule has 0 spiro atoms. The topological polar surface area (TPSA) is 133 Å². The van der Waals surface area contributed by atoms with Gasteiger partial charge in [-0.15, -0.1) is 0 Å². The second-order valence-electron chi connectivity index (χ2n) is 10.2. The van der Waals surface area contributed by atoms with Gasteiger partial charge in [0.1, 0.15) is 30.5 Å². The molecule has 51 heavy (non-hydrogen) atoms. The number of aldehydes is 1. The quantitative estimate of drug-likeness (QED) is 0.0381. The van der Waals surface area contributed by atoms with Gasteiger partial charge in [0, 0.05) is 43.4 Å². The standard InChI is InChI=1S/C33H33FO8.C6H8O3/c1-4-32(35)40-20-6-5-19-39-22-29(38-3)23-41-28-16-12-26(13-17-28)33(36)42-31-18-11-25(21-30(31)34)8-7-24-9-14-27(37-2)15-10-24;1-2-6(8)9-5-3-4-7/h4,9-18,21,29H,1,5-6,19-20,22-23H2,2-3H3;2,4H,1,3,5H2. The molecule has 0 saturated carbocycles. The van der Waals surface area contributed by atoms with Gasteiger partial charge in [-0.3, -0.25) is 0 Å². The summed E-state index contributed by atoms with van der Waals surface area (Å²) in [6.07, 6.45) is 4.23. The van der Waals surface area contributed by atoms with Crippen molar-refractivity contribution in [1.29, 1.82) is 0 Å². The zero-order chi connectivity index (χ0) is 37.3. The molecule has 0 aliphatic carbocycles. The Morgan fingerprint density at radius 3 is 2.00 bits per heavy atom. The van der Waals surface area contributed by atoms with Crippen molar-refractivity contribution < 1.29 is 56.7 Å². The molecule has 0 aromatic heterocycles. The van der Waals surface area contributed by atoms with Crippen molar-refractivity contribution in [1.82, 2.24) is 0 Å². The molecule has 270 valence electrons. The average molecular weight is 705 g/mol. The van der Waals surface area contributed by atoms with E-state index in [4.69, 9.17) is 28.4 Å². The van der Waals surface area contributed by atoms with E-state index in [1.54, 1.807) is 56.7 Å². The molecule has 0 bridgehead atoms. The molecule has 0 fully saturated rings. The Kier molecular flexibility index (Phi) is 19.8. The van der Waals surface area contributed by atoms with Crippen LogP contribution < -0.4 is 14.2 Å². The van der Waals surface area contributed by atoms with Crippen molar-refractivity contribution in [3.8, 4) is 29.1 Å². The minimum atomic E-state index is -0.708. The summed E-state index contributed by atoms with van der Waals surface area (Å²) >= 11 is 0. The molecule has 0 heterocycles. The molecular weight excluding hydrogens is 663 g/mol. The predicted octanol–water partition coefficient (Wildman–Crippen LogP) is 5.68. The van der Waals surface area contributed by atoms with Crippen molar-refractivity contribution >= 4 is 24.2 Å². The highest BCUT2D eigenvalue weighted by Crippen LogP contribution is 2.21. The molecule has 3 rings (SSSR count). The highest BCUT2D eigenvalue weighted by molar-refractivity contribution is 5.91. The molecular formula is C39H41FO11. The highest BCUT2D eigenvalue weighted by Gasteiger charge is 2.14. The Morgan fingerprint density at radius 2 is 1.39 bits per heavy atom. The summed E-state index contributed by atoms with van der Waals surface area (Å²) in [5.41, 5.74) is 1.43. The molecule has 0 aliphatic rings. The first kappa shape index (κ1) is 41.4. The number of esters is 3. The SMILES string of the molecule is C=CC(=O)OCCC=O.C=CC(=O)OCCCCOCC(COc1ccc(C(=O)Oc2ccc(C#Cc3ccc(OC)cc3)cc2F)cc1)OC. The number of methoxy groups -OCH3 is 2. The summed E-state index contributed by atoms with van der Waals surface area (Å²) in [5.74, 6) is 4.54. The van der Waals surface area contributed by atoms with Crippen molar-refractivity contribution in [2.24, 2.45) is 0 Å². The van der Waals surface area contributed by atoms with Crippen molar-refractivity contribution in [3.05, 3.63) is 115 Å². The number of ether oxygens (including phenoxy) is 7. The Bertz CT molecular complexity index is 1620. The maximum absolute atomic E-state index is 14.6. The monoisotopic (exact) mass is 704 g/mol. The minimum Gasteiger partial charge on any atom is -0.497 e. The van der Waals surface area contributed by atoms with Gasteiger partial charge in [-0.1, -0.05) is 25.0 Å². The van der Waals surface area contributed by atoms with Crippen LogP contribution in [0.15, 0.2) is 92.0 Å². The van der Waals surface area contributed by atoms with Gasteiger partial charge < -0.3 is 38.0 Å². The summed E-state index contributed by atoms with van der Waals surface area (Å²) in [4.78, 5) is 43.4. The van der Waals surface area contributed by atoms with Crippen LogP contribution in [0.2, 0.25) is 0 Å². The summed E-state index contributed by atoms with van der Waals surface area (Å²) in [5, 5.41) is 0. The van der Waals surface area contributed by atoms with E-state index in [9.17, 15) is 23.6 Å². The molecule has 1 unspecified atom stereocenters. The summed E-state index contributed by atoms with van der Waals surface area (Å²) in [6, 6.07) is 17.6. The molecule has 1 atom stereocenters. The number of carbonyl (C=O) groups is 4. The number of carbonyl (C=O) groups excluding carboxylic acids is 4. The highest BCUT2D eigenvalue weighted by atomic mass is 19.1. The zero-order valence-electron chi connectivity index (χ0n) is 28.6. The normalized spacial score (nSPS) is 10.5. The van der Waals surface area contributed by atoms with E-state index in [2.05, 4.69) is 29.7 Å². The van der Waals surface area contributed by atoms with Crippen LogP contribution in [-0.4, -0.2) is 77.6 Å². The van der Waals surface area contributed by atoms with Gasteiger partial charge in [-0.05, 0) is 79.6 Å². The van der Waals surface area contributed by atoms with Crippen molar-refractivity contribution in [2.75, 3.05) is 47.3 Å². The summed E-state index contributed by atoms with van der Waals surface area (Å²) in [7, 11) is 3.14. The first-order chi connectivity index (χ1) is 24.7. The largest absolute Gasteiger partial charge is 0.497 e. The van der Waals surface area contributed by atoms with Crippen LogP contribution in [0.25, 0.3) is 0 Å². The van der Waals surface area contributed by atoms with Gasteiger partial charge >= 0.3 is 17.9 Å². The van der Waals surface area contributed by atoms with E-state index in [-0.39, 0.29) is 37.1 Å². The molecule has 3 aromatic carbocycles. The molecule has 0 N–H and O–H groups in total. The summed E-state index contributed by atoms with van der Waals surface area (Å²) < 4.78 is 51.1. The fourth-order valence-electron chi connectivity index (χ4n) is 3.72. The van der Waals surface area contributed by atoms with Crippen LogP contribution in [0.4, 0.5) is 4.39 Å². The number of hydrogen-bond donors (Lipinski definition) is 0. The maximum atomic E-state index is 14.6. The fraction of sp³-hybridized carbons (Fsp3) is 0.282. The molecule has 12 heteroatoms. The van der Waals surface area contributed by atoms with Gasteiger partial charge in [0.25, 0.3) is 0 Å². The van der Waals surface area contributed by atoms with Crippen LogP contribution in [-0.2, 0) is 33.3 Å². The van der Waals surface area contributed by atoms with Gasteiger partial charge in [0.05, 0.1) is 32.5 Å². The van der Waals surface area contributed by atoms with Gasteiger partial charge in [0.2, 0.25) is 0 Å². The third-order valence-corrected chi connectivity index (χ3v) is 6.48. The number of halogens is 1. The van der Waals surface area contributed by atoms with E-state index in [0.29, 0.717) is 43.8 Å². The Hall–Kier alpha value is -5.77. The van der Waals surface area contributed by atoms with Crippen LogP contribution in [0.5, 0.6) is 17.2 Å². The van der Waals surface area contributed by atoms with Crippen LogP contribution in [0.1, 0.15) is 40.7 Å². The molecule has 3 aromatic rings. The fourth-order valence-corrected chi connectivity index (χ4v) is 3.72. The number of hydrogen-bond acceptors (Lipinski definition) is 11. The smallest absolute Gasteiger partial charge is 0.343 e. The Morgan fingerprint density at radius 1 is 0.784 bits per heavy atom. The van der Waals surface area contributed by atoms with Gasteiger partial charge in [-0.25, -0.2) is 18.8 Å².